The summed E-state index contributed by atoms with van der Waals surface area (Å²) in [6.07, 6.45) is 6.59. The highest BCUT2D eigenvalue weighted by atomic mass is 32.2. The van der Waals surface area contributed by atoms with Gasteiger partial charge in [-0.15, -0.1) is 5.10 Å². The molecule has 2 heterocycles. The maximum atomic E-state index is 13.2. The summed E-state index contributed by atoms with van der Waals surface area (Å²) in [4.78, 5) is 20.8. The molecule has 4 aromatic rings. The normalized spacial score (nSPS) is 14.9. The summed E-state index contributed by atoms with van der Waals surface area (Å²) < 4.78 is 36.4. The zero-order valence-corrected chi connectivity index (χ0v) is 22.9. The van der Waals surface area contributed by atoms with E-state index >= 15 is 0 Å². The molecule has 0 saturated heterocycles. The number of benzene rings is 2. The molecule has 1 fully saturated rings. The maximum absolute atomic E-state index is 13.2. The van der Waals surface area contributed by atoms with Crippen LogP contribution in [0.3, 0.4) is 0 Å². The first-order valence-corrected chi connectivity index (χ1v) is 14.8. The number of H-pyrrole nitrogens is 1. The van der Waals surface area contributed by atoms with Crippen LogP contribution in [0.1, 0.15) is 68.4 Å². The van der Waals surface area contributed by atoms with Crippen molar-refractivity contribution in [2.45, 2.75) is 69.7 Å². The average Bonchev–Trinajstić information content (AvgIpc) is 3.07. The van der Waals surface area contributed by atoms with Gasteiger partial charge in [0, 0.05) is 12.5 Å². The molecule has 0 amide bonds. The van der Waals surface area contributed by atoms with E-state index < -0.39 is 10.0 Å². The topological polar surface area (TPSA) is 139 Å². The second-order valence-corrected chi connectivity index (χ2v) is 11.7. The Bertz CT molecular complexity index is 1640. The van der Waals surface area contributed by atoms with Gasteiger partial charge in [-0.25, -0.2) is 22.6 Å². The molecule has 39 heavy (non-hydrogen) atoms. The minimum atomic E-state index is -3.92. The molecule has 1 aliphatic carbocycles. The SMILES string of the molecule is CCOc1ccc(S(=O)(=O)NCc2ccc(O)cc2)cc1-c1nn2c(C3CCCCCC3)nc(C)c2c(=O)[nH]1. The van der Waals surface area contributed by atoms with Crippen LogP contribution in [0.15, 0.2) is 52.2 Å². The number of aryl methyl sites for hydroxylation is 1. The number of rotatable bonds is 8. The molecule has 0 aliphatic heterocycles. The van der Waals surface area contributed by atoms with Crippen molar-refractivity contribution < 1.29 is 18.3 Å². The van der Waals surface area contributed by atoms with E-state index in [-0.39, 0.29) is 34.5 Å². The van der Waals surface area contributed by atoms with Crippen molar-refractivity contribution in [3.05, 3.63) is 69.9 Å². The van der Waals surface area contributed by atoms with Crippen LogP contribution < -0.4 is 15.0 Å². The van der Waals surface area contributed by atoms with E-state index in [0.29, 0.717) is 34.7 Å². The van der Waals surface area contributed by atoms with Crippen LogP contribution >= 0.6 is 0 Å². The van der Waals surface area contributed by atoms with E-state index in [1.807, 2.05) is 13.8 Å². The van der Waals surface area contributed by atoms with E-state index in [1.165, 1.54) is 37.1 Å². The Labute approximate surface area is 227 Å². The zero-order valence-electron chi connectivity index (χ0n) is 22.1. The molecule has 1 saturated carbocycles. The van der Waals surface area contributed by atoms with Gasteiger partial charge in [-0.3, -0.25) is 4.79 Å². The van der Waals surface area contributed by atoms with Crippen LogP contribution in [0.25, 0.3) is 16.9 Å². The van der Waals surface area contributed by atoms with Gasteiger partial charge in [0.2, 0.25) is 10.0 Å². The lowest BCUT2D eigenvalue weighted by Gasteiger charge is -2.15. The van der Waals surface area contributed by atoms with Crippen LogP contribution in [0.4, 0.5) is 0 Å². The van der Waals surface area contributed by atoms with Crippen molar-refractivity contribution >= 4 is 15.5 Å². The highest BCUT2D eigenvalue weighted by Crippen LogP contribution is 2.33. The molecule has 0 bridgehead atoms. The van der Waals surface area contributed by atoms with E-state index in [0.717, 1.165) is 31.5 Å². The van der Waals surface area contributed by atoms with Crippen LogP contribution in [0.5, 0.6) is 11.5 Å². The maximum Gasteiger partial charge on any atom is 0.277 e. The Morgan fingerprint density at radius 3 is 2.51 bits per heavy atom. The Kier molecular flexibility index (Phi) is 7.72. The number of ether oxygens (including phenoxy) is 1. The number of fused-ring (bicyclic) bond motifs is 1. The summed E-state index contributed by atoms with van der Waals surface area (Å²) in [5.41, 5.74) is 1.73. The van der Waals surface area contributed by atoms with Gasteiger partial charge in [-0.1, -0.05) is 37.8 Å². The van der Waals surface area contributed by atoms with E-state index in [4.69, 9.17) is 14.8 Å². The van der Waals surface area contributed by atoms with Crippen molar-refractivity contribution in [2.75, 3.05) is 6.61 Å². The summed E-state index contributed by atoms with van der Waals surface area (Å²) in [7, 11) is -3.92. The molecule has 0 atom stereocenters. The minimum Gasteiger partial charge on any atom is -0.508 e. The Morgan fingerprint density at radius 1 is 1.10 bits per heavy atom. The van der Waals surface area contributed by atoms with Gasteiger partial charge in [-0.05, 0) is 62.6 Å². The minimum absolute atomic E-state index is 0.00767. The summed E-state index contributed by atoms with van der Waals surface area (Å²) >= 11 is 0. The second kappa shape index (κ2) is 11.2. The van der Waals surface area contributed by atoms with Crippen molar-refractivity contribution in [3.8, 4) is 22.9 Å². The third-order valence-corrected chi connectivity index (χ3v) is 8.54. The number of hydrogen-bond donors (Lipinski definition) is 3. The van der Waals surface area contributed by atoms with Gasteiger partial charge in [0.25, 0.3) is 5.56 Å². The molecule has 0 unspecified atom stereocenters. The summed E-state index contributed by atoms with van der Waals surface area (Å²) in [5, 5.41) is 14.3. The molecule has 2 aromatic carbocycles. The van der Waals surface area contributed by atoms with Gasteiger partial charge in [0.05, 0.1) is 22.8 Å². The Morgan fingerprint density at radius 2 is 1.82 bits per heavy atom. The molecule has 10 nitrogen and oxygen atoms in total. The van der Waals surface area contributed by atoms with E-state index in [1.54, 1.807) is 22.7 Å². The Hall–Kier alpha value is -3.70. The van der Waals surface area contributed by atoms with Gasteiger partial charge in [-0.2, -0.15) is 0 Å². The highest BCUT2D eigenvalue weighted by molar-refractivity contribution is 7.89. The average molecular weight is 552 g/mol. The first-order chi connectivity index (χ1) is 18.8. The number of phenols is 1. The van der Waals surface area contributed by atoms with Gasteiger partial charge < -0.3 is 14.8 Å². The van der Waals surface area contributed by atoms with Crippen LogP contribution in [-0.4, -0.2) is 39.7 Å². The summed E-state index contributed by atoms with van der Waals surface area (Å²) in [5.74, 6) is 1.70. The lowest BCUT2D eigenvalue weighted by molar-refractivity contribution is 0.341. The summed E-state index contributed by atoms with van der Waals surface area (Å²) in [6, 6.07) is 10.8. The van der Waals surface area contributed by atoms with E-state index in [2.05, 4.69) is 9.71 Å². The predicted molar refractivity (Wildman–Crippen MR) is 148 cm³/mol. The molecule has 206 valence electrons. The number of aromatic amines is 1. The highest BCUT2D eigenvalue weighted by Gasteiger charge is 2.25. The summed E-state index contributed by atoms with van der Waals surface area (Å²) in [6.45, 7) is 4.04. The van der Waals surface area contributed by atoms with Gasteiger partial charge in [0.15, 0.2) is 11.3 Å². The second-order valence-electron chi connectivity index (χ2n) is 9.89. The zero-order chi connectivity index (χ0) is 27.6. The van der Waals surface area contributed by atoms with Crippen LogP contribution in [0.2, 0.25) is 0 Å². The number of phenolic OH excluding ortho intramolecular Hbond substituents is 1. The number of aromatic hydroxyl groups is 1. The smallest absolute Gasteiger partial charge is 0.277 e. The molecule has 1 aliphatic rings. The number of nitrogens with zero attached hydrogens (tertiary/aromatic N) is 3. The first kappa shape index (κ1) is 26.9. The molecule has 11 heteroatoms. The van der Waals surface area contributed by atoms with Gasteiger partial charge in [0.1, 0.15) is 17.3 Å². The first-order valence-electron chi connectivity index (χ1n) is 13.3. The van der Waals surface area contributed by atoms with E-state index in [9.17, 15) is 18.3 Å². The molecular weight excluding hydrogens is 518 g/mol. The quantitative estimate of drug-likeness (QED) is 0.276. The molecule has 0 radical (unpaired) electrons. The molecule has 3 N–H and O–H groups in total. The number of imidazole rings is 1. The number of aromatic nitrogens is 4. The molecule has 5 rings (SSSR count). The number of hydrogen-bond acceptors (Lipinski definition) is 7. The van der Waals surface area contributed by atoms with Crippen molar-refractivity contribution in [1.82, 2.24) is 24.3 Å². The van der Waals surface area contributed by atoms with Gasteiger partial charge >= 0.3 is 0 Å². The van der Waals surface area contributed by atoms with Crippen molar-refractivity contribution in [2.24, 2.45) is 0 Å². The fourth-order valence-corrected chi connectivity index (χ4v) is 6.18. The number of sulfonamides is 1. The van der Waals surface area contributed by atoms with Crippen LogP contribution in [-0.2, 0) is 16.6 Å². The molecule has 0 spiro atoms. The third kappa shape index (κ3) is 5.69. The predicted octanol–water partition coefficient (Wildman–Crippen LogP) is 4.41. The third-order valence-electron chi connectivity index (χ3n) is 7.14. The fraction of sp³-hybridized carbons (Fsp3) is 0.393. The molecular formula is C28H33N5O5S. The van der Waals surface area contributed by atoms with Crippen molar-refractivity contribution in [3.63, 3.8) is 0 Å². The lowest BCUT2D eigenvalue weighted by atomic mass is 10.00. The standard InChI is InChI=1S/C28H33N5O5S/c1-3-38-24-15-14-22(39(36,37)29-17-19-10-12-21(34)13-11-19)16-23(24)26-31-28(35)25-18(2)30-27(33(25)32-26)20-8-6-4-5-7-9-20/h10-16,20,29,34H,3-9,17H2,1-2H3,(H,31,32,35). The fourth-order valence-electron chi connectivity index (χ4n) is 5.13. The monoisotopic (exact) mass is 551 g/mol. The lowest BCUT2D eigenvalue weighted by Crippen LogP contribution is -2.23. The number of nitrogens with one attached hydrogen (secondary N) is 2. The largest absolute Gasteiger partial charge is 0.508 e. The Balaban J connectivity index is 1.56. The van der Waals surface area contributed by atoms with Crippen LogP contribution in [0, 0.1) is 6.92 Å². The molecule has 2 aromatic heterocycles. The van der Waals surface area contributed by atoms with Crippen molar-refractivity contribution in [1.29, 1.82) is 0 Å².